The SMILES string of the molecule is COC(=O)C(C)(C)C(OC/C(=C/NCc1cccc(-c2ccnc(C(=O)O)c2)c1)N=N)c1ccc(C)c(CN2C[C@@H](C)Oc3ccccc3S2(=O)=O)c1. The van der Waals surface area contributed by atoms with E-state index in [2.05, 4.69) is 15.4 Å². The average molecular weight is 742 g/mol. The van der Waals surface area contributed by atoms with Gasteiger partial charge in [-0.05, 0) is 91.4 Å². The lowest BCUT2D eigenvalue weighted by molar-refractivity contribution is -0.160. The van der Waals surface area contributed by atoms with E-state index in [-0.39, 0.29) is 36.0 Å². The van der Waals surface area contributed by atoms with Gasteiger partial charge in [0.1, 0.15) is 28.1 Å². The molecule has 0 spiro atoms. The molecule has 5 rings (SSSR count). The molecule has 4 aromatic rings. The maximum absolute atomic E-state index is 13.8. The van der Waals surface area contributed by atoms with Crippen LogP contribution in [0.3, 0.4) is 0 Å². The molecule has 1 aliphatic rings. The zero-order valence-corrected chi connectivity index (χ0v) is 31.0. The van der Waals surface area contributed by atoms with Crippen LogP contribution in [0.4, 0.5) is 0 Å². The molecule has 53 heavy (non-hydrogen) atoms. The van der Waals surface area contributed by atoms with Crippen LogP contribution in [0.25, 0.3) is 11.1 Å². The van der Waals surface area contributed by atoms with E-state index in [0.29, 0.717) is 23.4 Å². The van der Waals surface area contributed by atoms with Crippen molar-refractivity contribution in [1.29, 1.82) is 5.53 Å². The largest absolute Gasteiger partial charge is 0.488 e. The molecule has 0 fully saturated rings. The molecule has 0 aliphatic carbocycles. The van der Waals surface area contributed by atoms with Gasteiger partial charge in [-0.2, -0.15) is 9.42 Å². The molecule has 0 amide bonds. The molecular formula is C39H43N5O8S. The van der Waals surface area contributed by atoms with Gasteiger partial charge in [0.25, 0.3) is 0 Å². The van der Waals surface area contributed by atoms with E-state index in [1.807, 2.05) is 56.3 Å². The lowest BCUT2D eigenvalue weighted by atomic mass is 9.81. The molecule has 0 bridgehead atoms. The molecular weight excluding hydrogens is 699 g/mol. The monoisotopic (exact) mass is 741 g/mol. The van der Waals surface area contributed by atoms with E-state index in [9.17, 15) is 23.1 Å². The number of carboxylic acid groups (broad SMARTS) is 1. The molecule has 14 heteroatoms. The smallest absolute Gasteiger partial charge is 0.354 e. The summed E-state index contributed by atoms with van der Waals surface area (Å²) in [5.74, 6) is -1.31. The summed E-state index contributed by atoms with van der Waals surface area (Å²) in [5, 5.41) is 16.1. The number of nitrogens with zero attached hydrogens (tertiary/aromatic N) is 3. The van der Waals surface area contributed by atoms with Gasteiger partial charge in [0.2, 0.25) is 10.0 Å². The fourth-order valence-corrected chi connectivity index (χ4v) is 7.76. The standard InChI is InChI=1S/C39H43N5O8S/c1-25-13-14-30(18-31(25)23-44-22-26(2)52-34-11-6-7-12-35(34)53(44,48)49)36(39(3,4)38(47)50-5)51-24-32(43-40)21-41-20-27-9-8-10-28(17-27)29-15-16-42-33(19-29)37(45)46/h6-19,21,26,36,40-41H,20,22-24H2,1-5H3,(H,45,46)/b32-21-,43-40?/t26-,36?/m1/s1. The van der Waals surface area contributed by atoms with Crippen LogP contribution in [0, 0.1) is 17.9 Å². The van der Waals surface area contributed by atoms with E-state index in [1.165, 1.54) is 29.7 Å². The molecule has 1 unspecified atom stereocenters. The third-order valence-electron chi connectivity index (χ3n) is 9.00. The van der Waals surface area contributed by atoms with Gasteiger partial charge in [-0.3, -0.25) is 4.79 Å². The Bertz CT molecular complexity index is 2140. The number of esters is 1. The zero-order valence-electron chi connectivity index (χ0n) is 30.2. The van der Waals surface area contributed by atoms with Crippen molar-refractivity contribution in [3.8, 4) is 16.9 Å². The fourth-order valence-electron chi connectivity index (χ4n) is 6.14. The highest BCUT2D eigenvalue weighted by Gasteiger charge is 2.41. The molecule has 2 atom stereocenters. The maximum atomic E-state index is 13.8. The minimum atomic E-state index is -3.89. The number of hydrogen-bond donors (Lipinski definition) is 3. The minimum absolute atomic E-state index is 0.0487. The first-order chi connectivity index (χ1) is 25.2. The lowest BCUT2D eigenvalue weighted by Gasteiger charge is -2.32. The summed E-state index contributed by atoms with van der Waals surface area (Å²) in [6.07, 6.45) is 1.76. The Morgan fingerprint density at radius 1 is 1.11 bits per heavy atom. The number of aryl methyl sites for hydroxylation is 1. The Hall–Kier alpha value is -5.44. The first-order valence-corrected chi connectivity index (χ1v) is 18.3. The van der Waals surface area contributed by atoms with Crippen LogP contribution >= 0.6 is 0 Å². The van der Waals surface area contributed by atoms with Gasteiger partial charge in [0.05, 0.1) is 31.8 Å². The highest BCUT2D eigenvalue weighted by molar-refractivity contribution is 7.89. The Labute approximate surface area is 309 Å². The van der Waals surface area contributed by atoms with E-state index >= 15 is 0 Å². The number of ether oxygens (including phenoxy) is 3. The summed E-state index contributed by atoms with van der Waals surface area (Å²) in [7, 11) is -2.59. The molecule has 2 heterocycles. The molecule has 3 N–H and O–H groups in total. The number of nitrogens with one attached hydrogen (secondary N) is 2. The van der Waals surface area contributed by atoms with Gasteiger partial charge in [-0.1, -0.05) is 48.5 Å². The number of aromatic carboxylic acids is 1. The van der Waals surface area contributed by atoms with Gasteiger partial charge in [0, 0.05) is 25.5 Å². The Morgan fingerprint density at radius 3 is 2.60 bits per heavy atom. The van der Waals surface area contributed by atoms with Crippen LogP contribution in [0.5, 0.6) is 5.75 Å². The van der Waals surface area contributed by atoms with Gasteiger partial charge >= 0.3 is 11.9 Å². The third-order valence-corrected chi connectivity index (χ3v) is 10.9. The van der Waals surface area contributed by atoms with Crippen LogP contribution in [-0.2, 0) is 37.4 Å². The first kappa shape index (κ1) is 38.8. The molecule has 278 valence electrons. The predicted octanol–water partition coefficient (Wildman–Crippen LogP) is 6.65. The van der Waals surface area contributed by atoms with Crippen LogP contribution in [0.1, 0.15) is 59.6 Å². The number of hydrogen-bond acceptors (Lipinski definition) is 11. The second-order valence-electron chi connectivity index (χ2n) is 13.3. The molecule has 0 radical (unpaired) electrons. The number of sulfonamides is 1. The lowest BCUT2D eigenvalue weighted by Crippen LogP contribution is -2.36. The van der Waals surface area contributed by atoms with Crippen molar-refractivity contribution in [3.05, 3.63) is 125 Å². The number of carbonyl (C=O) groups is 2. The minimum Gasteiger partial charge on any atom is -0.488 e. The van der Waals surface area contributed by atoms with Crippen LogP contribution < -0.4 is 10.1 Å². The molecule has 13 nitrogen and oxygen atoms in total. The van der Waals surface area contributed by atoms with E-state index in [1.54, 1.807) is 44.3 Å². The third kappa shape index (κ3) is 8.96. The molecule has 3 aromatic carbocycles. The number of para-hydroxylation sites is 1. The van der Waals surface area contributed by atoms with Crippen molar-refractivity contribution >= 4 is 22.0 Å². The molecule has 1 aliphatic heterocycles. The topological polar surface area (TPSA) is 181 Å². The Kier molecular flexibility index (Phi) is 12.1. The molecule has 0 saturated heterocycles. The highest BCUT2D eigenvalue weighted by Crippen LogP contribution is 2.39. The summed E-state index contributed by atoms with van der Waals surface area (Å²) < 4.78 is 46.4. The van der Waals surface area contributed by atoms with Crippen molar-refractivity contribution in [1.82, 2.24) is 14.6 Å². The van der Waals surface area contributed by atoms with Crippen LogP contribution in [-0.4, -0.2) is 61.1 Å². The van der Waals surface area contributed by atoms with E-state index in [4.69, 9.17) is 19.7 Å². The number of carbonyl (C=O) groups excluding carboxylic acids is 1. The number of fused-ring (bicyclic) bond motifs is 1. The number of pyridine rings is 1. The zero-order chi connectivity index (χ0) is 38.3. The maximum Gasteiger partial charge on any atom is 0.354 e. The van der Waals surface area contributed by atoms with Crippen LogP contribution in [0.2, 0.25) is 0 Å². The number of rotatable bonds is 14. The van der Waals surface area contributed by atoms with E-state index in [0.717, 1.165) is 22.3 Å². The number of methoxy groups -OCH3 is 1. The van der Waals surface area contributed by atoms with Crippen LogP contribution in [0.15, 0.2) is 107 Å². The summed E-state index contributed by atoms with van der Waals surface area (Å²) in [5.41, 5.74) is 11.5. The first-order valence-electron chi connectivity index (χ1n) is 16.9. The van der Waals surface area contributed by atoms with Crippen molar-refractivity contribution in [2.24, 2.45) is 10.5 Å². The van der Waals surface area contributed by atoms with Crippen molar-refractivity contribution in [3.63, 3.8) is 0 Å². The van der Waals surface area contributed by atoms with Gasteiger partial charge < -0.3 is 24.6 Å². The molecule has 1 aromatic heterocycles. The molecule has 0 saturated carbocycles. The Balaban J connectivity index is 1.35. The second kappa shape index (κ2) is 16.5. The summed E-state index contributed by atoms with van der Waals surface area (Å²) >= 11 is 0. The van der Waals surface area contributed by atoms with Gasteiger partial charge in [0.15, 0.2) is 0 Å². The normalized spacial score (nSPS) is 16.4. The van der Waals surface area contributed by atoms with Gasteiger partial charge in [-0.25, -0.2) is 23.7 Å². The summed E-state index contributed by atoms with van der Waals surface area (Å²) in [4.78, 5) is 28.5. The van der Waals surface area contributed by atoms with E-state index < -0.39 is 39.6 Å². The number of carboxylic acids is 1. The number of aromatic nitrogens is 1. The highest BCUT2D eigenvalue weighted by atomic mass is 32.2. The van der Waals surface area contributed by atoms with Crippen molar-refractivity contribution < 1.29 is 37.3 Å². The summed E-state index contributed by atoms with van der Waals surface area (Å²) in [6.45, 7) is 7.56. The average Bonchev–Trinajstić information content (AvgIpc) is 3.23. The summed E-state index contributed by atoms with van der Waals surface area (Å²) in [6, 6.07) is 22.9. The quantitative estimate of drug-likeness (QED) is 0.0936. The van der Waals surface area contributed by atoms with Crippen molar-refractivity contribution in [2.75, 3.05) is 20.3 Å². The van der Waals surface area contributed by atoms with Gasteiger partial charge in [-0.15, -0.1) is 0 Å². The number of benzene rings is 3. The predicted molar refractivity (Wildman–Crippen MR) is 196 cm³/mol. The second-order valence-corrected chi connectivity index (χ2v) is 15.2. The van der Waals surface area contributed by atoms with Crippen molar-refractivity contribution in [2.45, 2.75) is 57.9 Å². The Morgan fingerprint density at radius 2 is 1.87 bits per heavy atom. The fraction of sp³-hybridized carbons (Fsp3) is 0.308.